The fraction of sp³-hybridized carbons (Fsp3) is 0.440. The Morgan fingerprint density at radius 2 is 1.68 bits per heavy atom. The average molecular weight is 518 g/mol. The van der Waals surface area contributed by atoms with Crippen LogP contribution in [0.3, 0.4) is 0 Å². The molecule has 5 amide bonds. The molecule has 1 aromatic carbocycles. The smallest absolute Gasteiger partial charge is 0.407 e. The summed E-state index contributed by atoms with van der Waals surface area (Å²) in [5.41, 5.74) is -1.10. The summed E-state index contributed by atoms with van der Waals surface area (Å²) in [5, 5.41) is 21.2. The molecular weight excluding hydrogens is 486 g/mol. The van der Waals surface area contributed by atoms with Crippen LogP contribution in [0.4, 0.5) is 9.59 Å². The van der Waals surface area contributed by atoms with Crippen LogP contribution in [0.2, 0.25) is 0 Å². The van der Waals surface area contributed by atoms with Gasteiger partial charge in [0.1, 0.15) is 18.1 Å². The molecule has 1 aliphatic heterocycles. The van der Waals surface area contributed by atoms with Crippen molar-refractivity contribution >= 4 is 35.9 Å². The number of rotatable bonds is 13. The molecule has 12 heteroatoms. The van der Waals surface area contributed by atoms with Crippen molar-refractivity contribution in [3.8, 4) is 0 Å². The first-order chi connectivity index (χ1) is 17.4. The third kappa shape index (κ3) is 7.38. The number of hydrogen-bond donors (Lipinski definition) is 3. The molecule has 0 aromatic heterocycles. The molecule has 1 aliphatic rings. The van der Waals surface area contributed by atoms with Gasteiger partial charge in [-0.3, -0.25) is 14.4 Å². The lowest BCUT2D eigenvalue weighted by molar-refractivity contribution is -0.162. The van der Waals surface area contributed by atoms with Crippen LogP contribution >= 0.6 is 0 Å². The molecule has 1 aromatic rings. The summed E-state index contributed by atoms with van der Waals surface area (Å²) in [6.45, 7) is 6.39. The molecule has 1 atom stereocenters. The number of amides is 5. The van der Waals surface area contributed by atoms with E-state index in [1.165, 1.54) is 13.8 Å². The van der Waals surface area contributed by atoms with Crippen LogP contribution in [-0.4, -0.2) is 68.5 Å². The zero-order valence-electron chi connectivity index (χ0n) is 20.8. The van der Waals surface area contributed by atoms with Crippen molar-refractivity contribution in [2.24, 2.45) is 5.41 Å². The van der Waals surface area contributed by atoms with Crippen LogP contribution in [0.5, 0.6) is 0 Å². The summed E-state index contributed by atoms with van der Waals surface area (Å²) >= 11 is 0. The summed E-state index contributed by atoms with van der Waals surface area (Å²) < 4.78 is 5.09. The van der Waals surface area contributed by atoms with Gasteiger partial charge in [0.05, 0.1) is 6.42 Å². The van der Waals surface area contributed by atoms with Gasteiger partial charge in [0, 0.05) is 12.2 Å². The minimum Gasteiger partial charge on any atom is -0.481 e. The van der Waals surface area contributed by atoms with Gasteiger partial charge in [0.15, 0.2) is 0 Å². The Kier molecular flexibility index (Phi) is 9.92. The van der Waals surface area contributed by atoms with E-state index >= 15 is 0 Å². The normalized spacial score (nSPS) is 15.8. The maximum atomic E-state index is 13.1. The Balaban J connectivity index is 1.99. The molecule has 0 spiro atoms. The maximum absolute atomic E-state index is 13.1. The summed E-state index contributed by atoms with van der Waals surface area (Å²) in [6.07, 6.45) is -0.870. The summed E-state index contributed by atoms with van der Waals surface area (Å²) in [7, 11) is 0. The third-order valence-electron chi connectivity index (χ3n) is 5.82. The molecule has 0 saturated carbocycles. The Bertz CT molecular complexity index is 1070. The van der Waals surface area contributed by atoms with Crippen molar-refractivity contribution in [2.75, 3.05) is 6.54 Å². The number of nitrogens with zero attached hydrogens (tertiary/aromatic N) is 2. The number of carbonyl (C=O) groups is 6. The van der Waals surface area contributed by atoms with Crippen LogP contribution in [0.15, 0.2) is 42.6 Å². The standard InChI is InChI=1S/C25H31N3O9/c1-16(12-13-19(29)30)27-21(33)25(2,3)22(34)28(24(27)36)18(20(31)32)11-7-8-14-26-23(35)37-15-17-9-5-4-6-10-17/h4-6,9-10,18H,1,7-8,11-15H2,2-3H3,(H,26,35)(H,29,30)(H,31,32)/t18-/m0/s1. The highest BCUT2D eigenvalue weighted by Crippen LogP contribution is 2.33. The first kappa shape index (κ1) is 29.0. The number of carboxylic acid groups (broad SMARTS) is 2. The van der Waals surface area contributed by atoms with E-state index in [2.05, 4.69) is 11.9 Å². The fourth-order valence-corrected chi connectivity index (χ4v) is 3.66. The van der Waals surface area contributed by atoms with E-state index in [9.17, 15) is 33.9 Å². The molecule has 2 rings (SSSR count). The van der Waals surface area contributed by atoms with Gasteiger partial charge < -0.3 is 20.3 Å². The number of urea groups is 1. The maximum Gasteiger partial charge on any atom is 0.407 e. The van der Waals surface area contributed by atoms with Gasteiger partial charge in [-0.25, -0.2) is 24.2 Å². The Labute approximate surface area is 213 Å². The minimum atomic E-state index is -1.77. The molecule has 12 nitrogen and oxygen atoms in total. The number of barbiturate groups is 1. The minimum absolute atomic E-state index is 0.0930. The van der Waals surface area contributed by atoms with E-state index in [0.717, 1.165) is 5.56 Å². The molecule has 37 heavy (non-hydrogen) atoms. The number of imide groups is 2. The van der Waals surface area contributed by atoms with E-state index in [0.29, 0.717) is 16.2 Å². The van der Waals surface area contributed by atoms with Gasteiger partial charge in [0.2, 0.25) is 11.8 Å². The lowest BCUT2D eigenvalue weighted by atomic mass is 9.86. The number of hydrogen-bond acceptors (Lipinski definition) is 7. The molecule has 1 saturated heterocycles. The lowest BCUT2D eigenvalue weighted by Crippen LogP contribution is -2.66. The number of alkyl carbamates (subject to hydrolysis) is 1. The van der Waals surface area contributed by atoms with Crippen molar-refractivity contribution in [1.29, 1.82) is 0 Å². The van der Waals surface area contributed by atoms with Gasteiger partial charge >= 0.3 is 24.1 Å². The topological polar surface area (TPSA) is 171 Å². The van der Waals surface area contributed by atoms with E-state index in [-0.39, 0.29) is 38.1 Å². The fourth-order valence-electron chi connectivity index (χ4n) is 3.66. The number of benzene rings is 1. The first-order valence-electron chi connectivity index (χ1n) is 11.7. The molecule has 0 aliphatic carbocycles. The highest BCUT2D eigenvalue weighted by atomic mass is 16.5. The van der Waals surface area contributed by atoms with Crippen molar-refractivity contribution < 1.29 is 43.7 Å². The lowest BCUT2D eigenvalue weighted by Gasteiger charge is -2.43. The molecule has 0 bridgehead atoms. The zero-order chi connectivity index (χ0) is 27.8. The van der Waals surface area contributed by atoms with Crippen LogP contribution < -0.4 is 5.32 Å². The Morgan fingerprint density at radius 1 is 1.03 bits per heavy atom. The number of ether oxygens (including phenoxy) is 1. The number of aliphatic carboxylic acids is 2. The van der Waals surface area contributed by atoms with E-state index < -0.39 is 53.8 Å². The van der Waals surface area contributed by atoms with Gasteiger partial charge in [-0.15, -0.1) is 0 Å². The Hall–Kier alpha value is -4.22. The van der Waals surface area contributed by atoms with Crippen molar-refractivity contribution in [3.05, 3.63) is 48.2 Å². The molecule has 1 fully saturated rings. The highest BCUT2D eigenvalue weighted by Gasteiger charge is 2.55. The summed E-state index contributed by atoms with van der Waals surface area (Å²) in [4.78, 5) is 74.8. The van der Waals surface area contributed by atoms with E-state index in [1.54, 1.807) is 12.1 Å². The second kappa shape index (κ2) is 12.7. The van der Waals surface area contributed by atoms with Crippen molar-refractivity contribution in [2.45, 2.75) is 58.6 Å². The van der Waals surface area contributed by atoms with Gasteiger partial charge in [-0.2, -0.15) is 0 Å². The third-order valence-corrected chi connectivity index (χ3v) is 5.82. The van der Waals surface area contributed by atoms with Crippen LogP contribution in [0.25, 0.3) is 0 Å². The van der Waals surface area contributed by atoms with Gasteiger partial charge in [-0.05, 0) is 45.1 Å². The number of unbranched alkanes of at least 4 members (excludes halogenated alkanes) is 1. The largest absolute Gasteiger partial charge is 0.481 e. The molecular formula is C25H31N3O9. The van der Waals surface area contributed by atoms with Gasteiger partial charge in [-0.1, -0.05) is 36.9 Å². The van der Waals surface area contributed by atoms with Gasteiger partial charge in [0.25, 0.3) is 0 Å². The van der Waals surface area contributed by atoms with Crippen LogP contribution in [0, 0.1) is 5.41 Å². The predicted molar refractivity (Wildman–Crippen MR) is 129 cm³/mol. The first-order valence-corrected chi connectivity index (χ1v) is 11.7. The van der Waals surface area contributed by atoms with Crippen LogP contribution in [0.1, 0.15) is 51.5 Å². The highest BCUT2D eigenvalue weighted by molar-refractivity contribution is 6.20. The number of carbonyl (C=O) groups excluding carboxylic acids is 4. The molecule has 200 valence electrons. The second-order valence-corrected chi connectivity index (χ2v) is 9.02. The monoisotopic (exact) mass is 517 g/mol. The second-order valence-electron chi connectivity index (χ2n) is 9.02. The summed E-state index contributed by atoms with van der Waals surface area (Å²) in [6, 6.07) is 6.32. The molecule has 0 unspecified atom stereocenters. The molecule has 0 radical (unpaired) electrons. The quantitative estimate of drug-likeness (QED) is 0.263. The molecule has 3 N–H and O–H groups in total. The van der Waals surface area contributed by atoms with E-state index in [4.69, 9.17) is 9.84 Å². The summed E-state index contributed by atoms with van der Waals surface area (Å²) in [5.74, 6) is -4.50. The van der Waals surface area contributed by atoms with Crippen LogP contribution in [-0.2, 0) is 30.5 Å². The number of nitrogens with one attached hydrogen (secondary N) is 1. The Morgan fingerprint density at radius 3 is 2.27 bits per heavy atom. The van der Waals surface area contributed by atoms with Crippen molar-refractivity contribution in [3.63, 3.8) is 0 Å². The van der Waals surface area contributed by atoms with E-state index in [1.807, 2.05) is 18.2 Å². The average Bonchev–Trinajstić information content (AvgIpc) is 2.84. The number of allylic oxidation sites excluding steroid dienone is 1. The molecule has 1 heterocycles. The predicted octanol–water partition coefficient (Wildman–Crippen LogP) is 2.73. The zero-order valence-corrected chi connectivity index (χ0v) is 20.8. The number of carboxylic acids is 2. The SMILES string of the molecule is C=C(CCC(=O)O)N1C(=O)N([C@@H](CCCCNC(=O)OCc2ccccc2)C(=O)O)C(=O)C(C)(C)C1=O. The van der Waals surface area contributed by atoms with Crippen molar-refractivity contribution in [1.82, 2.24) is 15.1 Å².